The maximum absolute atomic E-state index is 12.6. The van der Waals surface area contributed by atoms with E-state index >= 15 is 0 Å². The Morgan fingerprint density at radius 2 is 1.73 bits per heavy atom. The molecule has 4 aromatic rings. The van der Waals surface area contributed by atoms with E-state index < -0.39 is 17.2 Å². The van der Waals surface area contributed by atoms with Crippen LogP contribution in [0, 0.1) is 0 Å². The molecule has 1 fully saturated rings. The maximum atomic E-state index is 12.6. The highest BCUT2D eigenvalue weighted by molar-refractivity contribution is 5.87. The molecule has 7 heteroatoms. The first-order valence-electron chi connectivity index (χ1n) is 13.7. The molecule has 1 saturated carbocycles. The van der Waals surface area contributed by atoms with Gasteiger partial charge in [-0.25, -0.2) is 14.6 Å². The van der Waals surface area contributed by atoms with Crippen molar-refractivity contribution in [2.75, 3.05) is 6.61 Å². The van der Waals surface area contributed by atoms with E-state index in [1.54, 1.807) is 13.0 Å². The van der Waals surface area contributed by atoms with E-state index in [0.29, 0.717) is 6.61 Å². The number of pyridine rings is 1. The minimum absolute atomic E-state index is 0.336. The van der Waals surface area contributed by atoms with Gasteiger partial charge in [0.15, 0.2) is 0 Å². The standard InChI is InChI=1S/C33H35N3O4/c1-5-39-28(37)19-13-23-12-18-27-34-29(30(36(27)22-23)25-10-7-6-8-11-25)24-14-16-26(17-15-24)33(20-9-21-33)35-31(38)40-32(2,3)4/h6-8,10-19,22H,5,9,20-21H2,1-4H3,(H,35,38). The number of nitrogens with one attached hydrogen (secondary N) is 1. The largest absolute Gasteiger partial charge is 0.463 e. The van der Waals surface area contributed by atoms with Crippen LogP contribution in [0.3, 0.4) is 0 Å². The molecule has 1 amide bonds. The van der Waals surface area contributed by atoms with E-state index in [-0.39, 0.29) is 5.97 Å². The van der Waals surface area contributed by atoms with Crippen LogP contribution in [0.5, 0.6) is 0 Å². The first-order valence-corrected chi connectivity index (χ1v) is 13.7. The third kappa shape index (κ3) is 5.78. The number of aromatic nitrogens is 2. The van der Waals surface area contributed by atoms with Gasteiger partial charge in [-0.15, -0.1) is 0 Å². The molecule has 0 atom stereocenters. The van der Waals surface area contributed by atoms with Crippen molar-refractivity contribution in [1.82, 2.24) is 14.7 Å². The zero-order valence-corrected chi connectivity index (χ0v) is 23.4. The molecule has 1 N–H and O–H groups in total. The molecule has 0 saturated heterocycles. The number of carbonyl (C=O) groups excluding carboxylic acids is 2. The summed E-state index contributed by atoms with van der Waals surface area (Å²) >= 11 is 0. The van der Waals surface area contributed by atoms with Crippen LogP contribution in [0.25, 0.3) is 34.2 Å². The van der Waals surface area contributed by atoms with Gasteiger partial charge < -0.3 is 14.8 Å². The van der Waals surface area contributed by atoms with Crippen molar-refractivity contribution in [1.29, 1.82) is 0 Å². The van der Waals surface area contributed by atoms with Gasteiger partial charge >= 0.3 is 12.1 Å². The van der Waals surface area contributed by atoms with Crippen LogP contribution >= 0.6 is 0 Å². The second kappa shape index (κ2) is 11.0. The molecule has 7 nitrogen and oxygen atoms in total. The number of benzene rings is 2. The lowest BCUT2D eigenvalue weighted by Gasteiger charge is -2.43. The van der Waals surface area contributed by atoms with Crippen LogP contribution < -0.4 is 5.32 Å². The van der Waals surface area contributed by atoms with Crippen LogP contribution in [-0.2, 0) is 19.8 Å². The Kier molecular flexibility index (Phi) is 7.48. The Balaban J connectivity index is 1.51. The molecule has 2 aromatic heterocycles. The van der Waals surface area contributed by atoms with E-state index in [2.05, 4.69) is 46.1 Å². The quantitative estimate of drug-likeness (QED) is 0.200. The van der Waals surface area contributed by atoms with Crippen molar-refractivity contribution in [3.05, 3.63) is 90.1 Å². The number of nitrogens with zero attached hydrogens (tertiary/aromatic N) is 2. The fourth-order valence-corrected chi connectivity index (χ4v) is 5.05. The Morgan fingerprint density at radius 3 is 2.35 bits per heavy atom. The third-order valence-electron chi connectivity index (χ3n) is 7.05. The second-order valence-electron chi connectivity index (χ2n) is 11.1. The van der Waals surface area contributed by atoms with Gasteiger partial charge in [-0.2, -0.15) is 0 Å². The van der Waals surface area contributed by atoms with Gasteiger partial charge in [0, 0.05) is 23.4 Å². The zero-order chi connectivity index (χ0) is 28.3. The number of alkyl carbamates (subject to hydrolysis) is 1. The van der Waals surface area contributed by atoms with Crippen LogP contribution in [-0.4, -0.2) is 33.7 Å². The molecule has 0 radical (unpaired) electrons. The van der Waals surface area contributed by atoms with Gasteiger partial charge in [-0.1, -0.05) is 54.6 Å². The third-order valence-corrected chi connectivity index (χ3v) is 7.05. The lowest BCUT2D eigenvalue weighted by atomic mass is 9.71. The number of hydrogen-bond acceptors (Lipinski definition) is 5. The van der Waals surface area contributed by atoms with Crippen molar-refractivity contribution in [2.24, 2.45) is 0 Å². The fraction of sp³-hybridized carbons (Fsp3) is 0.303. The molecule has 2 heterocycles. The normalized spacial score (nSPS) is 14.6. The van der Waals surface area contributed by atoms with Gasteiger partial charge in [0.1, 0.15) is 11.2 Å². The average Bonchev–Trinajstić information content (AvgIpc) is 3.28. The molecule has 2 aromatic carbocycles. The smallest absolute Gasteiger partial charge is 0.408 e. The van der Waals surface area contributed by atoms with Crippen molar-refractivity contribution in [2.45, 2.75) is 58.1 Å². The van der Waals surface area contributed by atoms with E-state index in [9.17, 15) is 9.59 Å². The molecule has 1 aliphatic carbocycles. The molecule has 0 spiro atoms. The van der Waals surface area contributed by atoms with Gasteiger partial charge in [-0.3, -0.25) is 4.40 Å². The number of amides is 1. The first kappa shape index (κ1) is 27.2. The molecule has 40 heavy (non-hydrogen) atoms. The summed E-state index contributed by atoms with van der Waals surface area (Å²) in [5.74, 6) is -0.373. The summed E-state index contributed by atoms with van der Waals surface area (Å²) in [4.78, 5) is 29.4. The first-order chi connectivity index (χ1) is 19.2. The highest BCUT2D eigenvalue weighted by Gasteiger charge is 2.41. The summed E-state index contributed by atoms with van der Waals surface area (Å²) in [7, 11) is 0. The molecule has 0 unspecified atom stereocenters. The van der Waals surface area contributed by atoms with Gasteiger partial charge in [-0.05, 0) is 76.3 Å². The molecule has 0 aliphatic heterocycles. The summed E-state index contributed by atoms with van der Waals surface area (Å²) in [6.45, 7) is 7.73. The minimum Gasteiger partial charge on any atom is -0.463 e. The Hall–Kier alpha value is -4.39. The molecule has 1 aliphatic rings. The number of hydrogen-bond donors (Lipinski definition) is 1. The van der Waals surface area contributed by atoms with Crippen molar-refractivity contribution in [3.63, 3.8) is 0 Å². The fourth-order valence-electron chi connectivity index (χ4n) is 5.05. The molecule has 0 bridgehead atoms. The number of carbonyl (C=O) groups is 2. The van der Waals surface area contributed by atoms with E-state index in [4.69, 9.17) is 14.5 Å². The van der Waals surface area contributed by atoms with E-state index in [1.807, 2.05) is 57.3 Å². The summed E-state index contributed by atoms with van der Waals surface area (Å²) in [6.07, 6.45) is 7.56. The van der Waals surface area contributed by atoms with E-state index in [1.165, 1.54) is 6.08 Å². The van der Waals surface area contributed by atoms with Crippen molar-refractivity contribution >= 4 is 23.8 Å². The van der Waals surface area contributed by atoms with Gasteiger partial charge in [0.25, 0.3) is 0 Å². The Bertz CT molecular complexity index is 1540. The van der Waals surface area contributed by atoms with Crippen LogP contribution in [0.15, 0.2) is 79.0 Å². The lowest BCUT2D eigenvalue weighted by Crippen LogP contribution is -2.52. The number of esters is 1. The maximum Gasteiger partial charge on any atom is 0.408 e. The number of ether oxygens (including phenoxy) is 2. The molecular weight excluding hydrogens is 502 g/mol. The number of rotatable bonds is 7. The average molecular weight is 538 g/mol. The summed E-state index contributed by atoms with van der Waals surface area (Å²) in [6, 6.07) is 22.3. The zero-order valence-electron chi connectivity index (χ0n) is 23.4. The van der Waals surface area contributed by atoms with Crippen LogP contribution in [0.1, 0.15) is 58.1 Å². The predicted molar refractivity (Wildman–Crippen MR) is 157 cm³/mol. The van der Waals surface area contributed by atoms with Crippen LogP contribution in [0.4, 0.5) is 4.79 Å². The minimum atomic E-state index is -0.551. The summed E-state index contributed by atoms with van der Waals surface area (Å²) < 4.78 is 12.6. The topological polar surface area (TPSA) is 81.9 Å². The van der Waals surface area contributed by atoms with Crippen molar-refractivity contribution in [3.8, 4) is 22.5 Å². The Labute approximate surface area is 234 Å². The second-order valence-corrected chi connectivity index (χ2v) is 11.1. The SMILES string of the molecule is CCOC(=O)C=Cc1ccc2nc(-c3ccc(C4(NC(=O)OC(C)(C)C)CCC4)cc3)c(-c3ccccc3)n2c1. The Morgan fingerprint density at radius 1 is 1.00 bits per heavy atom. The van der Waals surface area contributed by atoms with Gasteiger partial charge in [0.2, 0.25) is 0 Å². The van der Waals surface area contributed by atoms with Crippen LogP contribution in [0.2, 0.25) is 0 Å². The monoisotopic (exact) mass is 537 g/mol. The molecule has 5 rings (SSSR count). The molecule has 206 valence electrons. The lowest BCUT2D eigenvalue weighted by molar-refractivity contribution is -0.137. The predicted octanol–water partition coefficient (Wildman–Crippen LogP) is 7.15. The molecular formula is C33H35N3O4. The summed E-state index contributed by atoms with van der Waals surface area (Å²) in [5, 5.41) is 3.13. The highest BCUT2D eigenvalue weighted by Crippen LogP contribution is 2.42. The number of imidazole rings is 1. The summed E-state index contributed by atoms with van der Waals surface area (Å²) in [5.41, 5.74) is 5.57. The highest BCUT2D eigenvalue weighted by atomic mass is 16.6. The van der Waals surface area contributed by atoms with Gasteiger partial charge in [0.05, 0.1) is 23.5 Å². The number of fused-ring (bicyclic) bond motifs is 1. The van der Waals surface area contributed by atoms with E-state index in [0.717, 1.165) is 58.6 Å². The van der Waals surface area contributed by atoms with Crippen molar-refractivity contribution < 1.29 is 19.1 Å².